The molecule has 1 saturated heterocycles. The molecule has 9 nitrogen and oxygen atoms in total. The Morgan fingerprint density at radius 1 is 1.08 bits per heavy atom. The standard InChI is InChI=1S/C16H21NO8/c1-8(18)17-10-3-5-11(6-4-10)24-16-15(22)14(21)13(20)12(25-16)7-23-9(2)19/h3-6,12-16,20-22H,7H2,1-2H3,(H,17,18)/t12?,13-,14?,15?,16+/m1/s1. The van der Waals surface area contributed by atoms with Crippen LogP contribution in [0.5, 0.6) is 5.75 Å². The molecule has 1 heterocycles. The Hall–Kier alpha value is -2.20. The van der Waals surface area contributed by atoms with E-state index in [0.717, 1.165) is 0 Å². The molecule has 25 heavy (non-hydrogen) atoms. The zero-order valence-electron chi connectivity index (χ0n) is 13.8. The van der Waals surface area contributed by atoms with Crippen molar-refractivity contribution in [2.45, 2.75) is 44.6 Å². The fourth-order valence-corrected chi connectivity index (χ4v) is 2.31. The van der Waals surface area contributed by atoms with Gasteiger partial charge in [0.05, 0.1) is 0 Å². The van der Waals surface area contributed by atoms with Crippen molar-refractivity contribution in [3.63, 3.8) is 0 Å². The van der Waals surface area contributed by atoms with Gasteiger partial charge in [-0.1, -0.05) is 0 Å². The molecule has 1 fully saturated rings. The number of carbonyl (C=O) groups excluding carboxylic acids is 2. The van der Waals surface area contributed by atoms with Crippen molar-refractivity contribution in [1.29, 1.82) is 0 Å². The summed E-state index contributed by atoms with van der Waals surface area (Å²) in [4.78, 5) is 21.9. The summed E-state index contributed by atoms with van der Waals surface area (Å²) in [6.45, 7) is 2.29. The van der Waals surface area contributed by atoms with Gasteiger partial charge in [-0.05, 0) is 24.3 Å². The normalized spacial score (nSPS) is 28.9. The lowest BCUT2D eigenvalue weighted by atomic mass is 9.99. The maximum atomic E-state index is 11.0. The number of rotatable bonds is 5. The van der Waals surface area contributed by atoms with Gasteiger partial charge in [0.1, 0.15) is 36.8 Å². The Morgan fingerprint density at radius 3 is 2.28 bits per heavy atom. The summed E-state index contributed by atoms with van der Waals surface area (Å²) in [7, 11) is 0. The van der Waals surface area contributed by atoms with Gasteiger partial charge in [0.2, 0.25) is 12.2 Å². The molecule has 0 radical (unpaired) electrons. The van der Waals surface area contributed by atoms with Gasteiger partial charge >= 0.3 is 5.97 Å². The highest BCUT2D eigenvalue weighted by molar-refractivity contribution is 5.88. The molecule has 1 aromatic rings. The van der Waals surface area contributed by atoms with Crippen LogP contribution in [0.4, 0.5) is 5.69 Å². The molecule has 2 rings (SSSR count). The van der Waals surface area contributed by atoms with Crippen LogP contribution in [0.15, 0.2) is 24.3 Å². The molecule has 1 aliphatic heterocycles. The topological polar surface area (TPSA) is 135 Å². The lowest BCUT2D eigenvalue weighted by Crippen LogP contribution is -2.60. The van der Waals surface area contributed by atoms with Crippen LogP contribution in [0.1, 0.15) is 13.8 Å². The van der Waals surface area contributed by atoms with Crippen LogP contribution in [0.2, 0.25) is 0 Å². The smallest absolute Gasteiger partial charge is 0.302 e. The van der Waals surface area contributed by atoms with Crippen LogP contribution in [0.25, 0.3) is 0 Å². The number of nitrogens with one attached hydrogen (secondary N) is 1. The number of anilines is 1. The molecule has 3 unspecified atom stereocenters. The van der Waals surface area contributed by atoms with E-state index in [4.69, 9.17) is 14.2 Å². The summed E-state index contributed by atoms with van der Waals surface area (Å²) >= 11 is 0. The van der Waals surface area contributed by atoms with Gasteiger partial charge in [0, 0.05) is 19.5 Å². The first kappa shape index (κ1) is 19.1. The fraction of sp³-hybridized carbons (Fsp3) is 0.500. The summed E-state index contributed by atoms with van der Waals surface area (Å²) in [5.41, 5.74) is 0.563. The zero-order chi connectivity index (χ0) is 18.6. The van der Waals surface area contributed by atoms with Gasteiger partial charge in [0.15, 0.2) is 0 Å². The van der Waals surface area contributed by atoms with Crippen molar-refractivity contribution in [2.75, 3.05) is 11.9 Å². The second kappa shape index (κ2) is 8.26. The van der Waals surface area contributed by atoms with Crippen LogP contribution in [0.3, 0.4) is 0 Å². The predicted molar refractivity (Wildman–Crippen MR) is 84.7 cm³/mol. The largest absolute Gasteiger partial charge is 0.463 e. The number of hydrogen-bond acceptors (Lipinski definition) is 8. The van der Waals surface area contributed by atoms with E-state index >= 15 is 0 Å². The van der Waals surface area contributed by atoms with E-state index in [9.17, 15) is 24.9 Å². The van der Waals surface area contributed by atoms with Crippen LogP contribution in [-0.2, 0) is 19.1 Å². The van der Waals surface area contributed by atoms with Crippen molar-refractivity contribution < 1.29 is 39.1 Å². The Balaban J connectivity index is 2.03. The molecule has 1 aliphatic rings. The summed E-state index contributed by atoms with van der Waals surface area (Å²) in [5, 5.41) is 32.4. The molecule has 1 aromatic carbocycles. The second-order valence-electron chi connectivity index (χ2n) is 5.64. The van der Waals surface area contributed by atoms with Gasteiger partial charge in [-0.15, -0.1) is 0 Å². The summed E-state index contributed by atoms with van der Waals surface area (Å²) in [6, 6.07) is 6.26. The molecule has 0 spiro atoms. The van der Waals surface area contributed by atoms with Crippen molar-refractivity contribution in [1.82, 2.24) is 0 Å². The first-order valence-corrected chi connectivity index (χ1v) is 7.65. The number of hydrogen-bond donors (Lipinski definition) is 4. The number of aliphatic hydroxyl groups is 3. The second-order valence-corrected chi connectivity index (χ2v) is 5.64. The Kier molecular flexibility index (Phi) is 6.32. The molecule has 0 bridgehead atoms. The number of amides is 1. The van der Waals surface area contributed by atoms with Crippen molar-refractivity contribution in [2.24, 2.45) is 0 Å². The average Bonchev–Trinajstić information content (AvgIpc) is 2.55. The number of carbonyl (C=O) groups is 2. The van der Waals surface area contributed by atoms with E-state index in [1.54, 1.807) is 24.3 Å². The minimum Gasteiger partial charge on any atom is -0.463 e. The van der Waals surface area contributed by atoms with E-state index in [0.29, 0.717) is 11.4 Å². The van der Waals surface area contributed by atoms with Crippen LogP contribution in [0, 0.1) is 0 Å². The van der Waals surface area contributed by atoms with Gasteiger partial charge in [-0.3, -0.25) is 9.59 Å². The van der Waals surface area contributed by atoms with E-state index in [-0.39, 0.29) is 12.5 Å². The molecular formula is C16H21NO8. The van der Waals surface area contributed by atoms with Crippen LogP contribution >= 0.6 is 0 Å². The highest BCUT2D eigenvalue weighted by atomic mass is 16.7. The molecule has 4 N–H and O–H groups in total. The quantitative estimate of drug-likeness (QED) is 0.514. The highest BCUT2D eigenvalue weighted by Crippen LogP contribution is 2.25. The summed E-state index contributed by atoms with van der Waals surface area (Å²) in [5.74, 6) is -0.472. The third-order valence-electron chi connectivity index (χ3n) is 3.55. The Labute approximate surface area is 144 Å². The number of esters is 1. The molecular weight excluding hydrogens is 334 g/mol. The first-order chi connectivity index (χ1) is 11.8. The van der Waals surface area contributed by atoms with E-state index < -0.39 is 36.7 Å². The maximum absolute atomic E-state index is 11.0. The van der Waals surface area contributed by atoms with Crippen molar-refractivity contribution in [3.05, 3.63) is 24.3 Å². The van der Waals surface area contributed by atoms with Gasteiger partial charge in [0.25, 0.3) is 0 Å². The van der Waals surface area contributed by atoms with E-state index in [1.807, 2.05) is 0 Å². The van der Waals surface area contributed by atoms with Crippen molar-refractivity contribution >= 4 is 17.6 Å². The molecule has 0 aromatic heterocycles. The van der Waals surface area contributed by atoms with Gasteiger partial charge in [-0.25, -0.2) is 0 Å². The monoisotopic (exact) mass is 355 g/mol. The number of benzene rings is 1. The molecule has 0 aliphatic carbocycles. The fourth-order valence-electron chi connectivity index (χ4n) is 2.31. The minimum atomic E-state index is -1.53. The molecule has 5 atom stereocenters. The lowest BCUT2D eigenvalue weighted by molar-refractivity contribution is -0.278. The third kappa shape index (κ3) is 5.13. The number of ether oxygens (including phenoxy) is 3. The van der Waals surface area contributed by atoms with E-state index in [2.05, 4.69) is 5.32 Å². The Bertz CT molecular complexity index is 605. The van der Waals surface area contributed by atoms with Crippen LogP contribution < -0.4 is 10.1 Å². The summed E-state index contributed by atoms with van der Waals surface area (Å²) < 4.78 is 15.7. The average molecular weight is 355 g/mol. The third-order valence-corrected chi connectivity index (χ3v) is 3.55. The molecule has 138 valence electrons. The number of aliphatic hydroxyl groups excluding tert-OH is 3. The lowest BCUT2D eigenvalue weighted by Gasteiger charge is -2.39. The SMILES string of the molecule is CC(=O)Nc1ccc(O[C@H]2OC(COC(C)=O)[C@@H](O)C(O)C2O)cc1. The Morgan fingerprint density at radius 2 is 1.72 bits per heavy atom. The highest BCUT2D eigenvalue weighted by Gasteiger charge is 2.45. The van der Waals surface area contributed by atoms with Crippen molar-refractivity contribution in [3.8, 4) is 5.75 Å². The van der Waals surface area contributed by atoms with E-state index in [1.165, 1.54) is 13.8 Å². The molecule has 9 heteroatoms. The molecule has 1 amide bonds. The zero-order valence-corrected chi connectivity index (χ0v) is 13.8. The molecule has 0 saturated carbocycles. The first-order valence-electron chi connectivity index (χ1n) is 7.65. The van der Waals surface area contributed by atoms with Crippen LogP contribution in [-0.4, -0.2) is 64.5 Å². The van der Waals surface area contributed by atoms with Gasteiger partial charge in [-0.2, -0.15) is 0 Å². The predicted octanol–water partition coefficient (Wildman–Crippen LogP) is -0.606. The van der Waals surface area contributed by atoms with Gasteiger partial charge < -0.3 is 34.8 Å². The maximum Gasteiger partial charge on any atom is 0.302 e. The summed E-state index contributed by atoms with van der Waals surface area (Å²) in [6.07, 6.45) is -6.79. The minimum absolute atomic E-state index is 0.217.